The van der Waals surface area contributed by atoms with Crippen LogP contribution >= 0.6 is 11.6 Å². The van der Waals surface area contributed by atoms with Crippen LogP contribution in [0.1, 0.15) is 24.1 Å². The van der Waals surface area contributed by atoms with Gasteiger partial charge in [-0.3, -0.25) is 9.10 Å². The molecule has 0 aromatic heterocycles. The largest absolute Gasteiger partial charge is 0.497 e. The zero-order chi connectivity index (χ0) is 20.2. The molecule has 27 heavy (non-hydrogen) atoms. The first-order valence-electron chi connectivity index (χ1n) is 8.29. The summed E-state index contributed by atoms with van der Waals surface area (Å²) in [6.45, 7) is 3.21. The van der Waals surface area contributed by atoms with Gasteiger partial charge < -0.3 is 10.1 Å². The number of hydrogen-bond donors (Lipinski definition) is 1. The van der Waals surface area contributed by atoms with Crippen molar-refractivity contribution in [1.82, 2.24) is 5.32 Å². The fraction of sp³-hybridized carbons (Fsp3) is 0.316. The van der Waals surface area contributed by atoms with Crippen LogP contribution in [0.2, 0.25) is 5.02 Å². The zero-order valence-electron chi connectivity index (χ0n) is 15.7. The van der Waals surface area contributed by atoms with E-state index in [2.05, 4.69) is 5.32 Å². The molecule has 8 heteroatoms. The number of halogens is 1. The van der Waals surface area contributed by atoms with Crippen LogP contribution in [0.3, 0.4) is 0 Å². The van der Waals surface area contributed by atoms with Gasteiger partial charge in [0.25, 0.3) is 0 Å². The topological polar surface area (TPSA) is 75.7 Å². The number of carbonyl (C=O) groups excluding carboxylic acids is 1. The Bertz CT molecular complexity index is 914. The van der Waals surface area contributed by atoms with Crippen LogP contribution in [0, 0.1) is 6.92 Å². The predicted octanol–water partition coefficient (Wildman–Crippen LogP) is 3.30. The Morgan fingerprint density at radius 3 is 2.41 bits per heavy atom. The first kappa shape index (κ1) is 21.1. The molecule has 0 saturated heterocycles. The van der Waals surface area contributed by atoms with Gasteiger partial charge in [0.1, 0.15) is 12.3 Å². The third-order valence-electron chi connectivity index (χ3n) is 4.19. The summed E-state index contributed by atoms with van der Waals surface area (Å²) in [7, 11) is -2.08. The third-order valence-corrected chi connectivity index (χ3v) is 5.72. The molecule has 0 spiro atoms. The molecule has 0 saturated carbocycles. The van der Waals surface area contributed by atoms with Crippen LogP contribution in [0.4, 0.5) is 5.69 Å². The maximum Gasteiger partial charge on any atom is 0.241 e. The second kappa shape index (κ2) is 8.63. The van der Waals surface area contributed by atoms with Gasteiger partial charge in [-0.1, -0.05) is 29.8 Å². The maximum absolute atomic E-state index is 12.5. The lowest BCUT2D eigenvalue weighted by Gasteiger charge is -2.25. The minimum Gasteiger partial charge on any atom is -0.497 e. The maximum atomic E-state index is 12.5. The van der Waals surface area contributed by atoms with E-state index >= 15 is 0 Å². The second-order valence-electron chi connectivity index (χ2n) is 6.22. The summed E-state index contributed by atoms with van der Waals surface area (Å²) in [6, 6.07) is 12.0. The van der Waals surface area contributed by atoms with E-state index in [0.717, 1.165) is 21.9 Å². The molecule has 0 radical (unpaired) electrons. The summed E-state index contributed by atoms with van der Waals surface area (Å²) in [5, 5.41) is 3.26. The lowest BCUT2D eigenvalue weighted by Crippen LogP contribution is -2.41. The van der Waals surface area contributed by atoms with E-state index in [1.54, 1.807) is 44.4 Å². The quantitative estimate of drug-likeness (QED) is 0.759. The van der Waals surface area contributed by atoms with Gasteiger partial charge in [0, 0.05) is 5.02 Å². The fourth-order valence-electron chi connectivity index (χ4n) is 2.64. The monoisotopic (exact) mass is 410 g/mol. The average Bonchev–Trinajstić information content (AvgIpc) is 2.61. The van der Waals surface area contributed by atoms with Gasteiger partial charge in [-0.2, -0.15) is 0 Å². The second-order valence-corrected chi connectivity index (χ2v) is 8.53. The summed E-state index contributed by atoms with van der Waals surface area (Å²) in [5.74, 6) is 0.306. The van der Waals surface area contributed by atoms with E-state index in [1.165, 1.54) is 0 Å². The van der Waals surface area contributed by atoms with E-state index in [1.807, 2.05) is 19.1 Å². The minimum absolute atomic E-state index is 0.287. The van der Waals surface area contributed by atoms with Crippen molar-refractivity contribution in [2.75, 3.05) is 24.2 Å². The predicted molar refractivity (Wildman–Crippen MR) is 108 cm³/mol. The van der Waals surface area contributed by atoms with Crippen molar-refractivity contribution in [1.29, 1.82) is 0 Å². The molecule has 0 aliphatic heterocycles. The van der Waals surface area contributed by atoms with Gasteiger partial charge in [0.15, 0.2) is 0 Å². The number of methoxy groups -OCH3 is 1. The van der Waals surface area contributed by atoms with E-state index in [-0.39, 0.29) is 12.6 Å². The molecule has 0 unspecified atom stereocenters. The molecular formula is C19H23ClN2O4S. The Hall–Kier alpha value is -2.25. The minimum atomic E-state index is -3.66. The molecule has 0 aliphatic rings. The molecule has 146 valence electrons. The van der Waals surface area contributed by atoms with Crippen molar-refractivity contribution in [3.63, 3.8) is 0 Å². The number of amides is 1. The van der Waals surface area contributed by atoms with Gasteiger partial charge in [0.2, 0.25) is 15.9 Å². The number of carbonyl (C=O) groups is 1. The van der Waals surface area contributed by atoms with Crippen molar-refractivity contribution in [2.24, 2.45) is 0 Å². The van der Waals surface area contributed by atoms with Crippen molar-refractivity contribution in [3.8, 4) is 5.75 Å². The van der Waals surface area contributed by atoms with E-state index in [9.17, 15) is 13.2 Å². The van der Waals surface area contributed by atoms with Crippen LogP contribution in [0.15, 0.2) is 42.5 Å². The van der Waals surface area contributed by atoms with Crippen LogP contribution in [0.5, 0.6) is 5.75 Å². The molecule has 1 atom stereocenters. The van der Waals surface area contributed by atoms with E-state index in [4.69, 9.17) is 16.3 Å². The van der Waals surface area contributed by atoms with Crippen molar-refractivity contribution in [3.05, 3.63) is 58.6 Å². The standard InChI is InChI=1S/C19H23ClN2O4S/c1-13-17(20)6-5-7-18(13)22(27(4,24)25)12-19(23)21-14(2)15-8-10-16(26-3)11-9-15/h5-11,14H,12H2,1-4H3,(H,21,23)/t14-/m0/s1. The number of benzene rings is 2. The highest BCUT2D eigenvalue weighted by atomic mass is 35.5. The van der Waals surface area contributed by atoms with Crippen LogP contribution in [-0.4, -0.2) is 34.2 Å². The van der Waals surface area contributed by atoms with Gasteiger partial charge >= 0.3 is 0 Å². The number of anilines is 1. The molecule has 0 fully saturated rings. The molecule has 2 rings (SSSR count). The number of nitrogens with one attached hydrogen (secondary N) is 1. The molecule has 1 amide bonds. The first-order chi connectivity index (χ1) is 12.6. The van der Waals surface area contributed by atoms with E-state index < -0.39 is 15.9 Å². The molecule has 2 aromatic rings. The Balaban J connectivity index is 2.17. The number of hydrogen-bond acceptors (Lipinski definition) is 4. The van der Waals surface area contributed by atoms with Gasteiger partial charge in [-0.25, -0.2) is 8.42 Å². The number of ether oxygens (including phenoxy) is 1. The van der Waals surface area contributed by atoms with Gasteiger partial charge in [-0.15, -0.1) is 0 Å². The summed E-state index contributed by atoms with van der Waals surface area (Å²) in [5.41, 5.74) is 1.87. The van der Waals surface area contributed by atoms with Crippen LogP contribution in [0.25, 0.3) is 0 Å². The van der Waals surface area contributed by atoms with E-state index in [0.29, 0.717) is 16.3 Å². The molecule has 0 heterocycles. The van der Waals surface area contributed by atoms with Crippen molar-refractivity contribution in [2.45, 2.75) is 19.9 Å². The summed E-state index contributed by atoms with van der Waals surface area (Å²) < 4.78 is 30.7. The highest BCUT2D eigenvalue weighted by Crippen LogP contribution is 2.28. The third kappa shape index (κ3) is 5.37. The normalized spacial score (nSPS) is 12.3. The summed E-state index contributed by atoms with van der Waals surface area (Å²) >= 11 is 6.10. The summed E-state index contributed by atoms with van der Waals surface area (Å²) in [4.78, 5) is 12.5. The molecule has 0 aliphatic carbocycles. The van der Waals surface area contributed by atoms with Gasteiger partial charge in [-0.05, 0) is 49.2 Å². The lowest BCUT2D eigenvalue weighted by molar-refractivity contribution is -0.120. The molecule has 2 aromatic carbocycles. The lowest BCUT2D eigenvalue weighted by atomic mass is 10.1. The van der Waals surface area contributed by atoms with Crippen LogP contribution < -0.4 is 14.4 Å². The van der Waals surface area contributed by atoms with Gasteiger partial charge in [0.05, 0.1) is 25.1 Å². The Kier molecular flexibility index (Phi) is 6.73. The molecule has 1 N–H and O–H groups in total. The SMILES string of the molecule is COc1ccc([C@H](C)NC(=O)CN(c2cccc(Cl)c2C)S(C)(=O)=O)cc1. The number of nitrogens with zero attached hydrogens (tertiary/aromatic N) is 1. The smallest absolute Gasteiger partial charge is 0.241 e. The Morgan fingerprint density at radius 2 is 1.85 bits per heavy atom. The average molecular weight is 411 g/mol. The number of rotatable bonds is 7. The Morgan fingerprint density at radius 1 is 1.22 bits per heavy atom. The zero-order valence-corrected chi connectivity index (χ0v) is 17.3. The number of sulfonamides is 1. The van der Waals surface area contributed by atoms with Crippen molar-refractivity contribution < 1.29 is 17.9 Å². The molecule has 6 nitrogen and oxygen atoms in total. The highest BCUT2D eigenvalue weighted by Gasteiger charge is 2.23. The molecule has 0 bridgehead atoms. The summed E-state index contributed by atoms with van der Waals surface area (Å²) in [6.07, 6.45) is 1.06. The van der Waals surface area contributed by atoms with Crippen molar-refractivity contribution >= 4 is 33.2 Å². The van der Waals surface area contributed by atoms with Crippen LogP contribution in [-0.2, 0) is 14.8 Å². The Labute approximate surface area is 165 Å². The molecular weight excluding hydrogens is 388 g/mol. The first-order valence-corrected chi connectivity index (χ1v) is 10.5. The highest BCUT2D eigenvalue weighted by molar-refractivity contribution is 7.92. The fourth-order valence-corrected chi connectivity index (χ4v) is 3.72.